The van der Waals surface area contributed by atoms with Crippen LogP contribution in [0.1, 0.15) is 28.9 Å². The maximum absolute atomic E-state index is 12.6. The van der Waals surface area contributed by atoms with E-state index in [1.165, 1.54) is 18.2 Å². The zero-order chi connectivity index (χ0) is 17.8. The Labute approximate surface area is 146 Å². The summed E-state index contributed by atoms with van der Waals surface area (Å²) in [6, 6.07) is 7.83. The van der Waals surface area contributed by atoms with Crippen molar-refractivity contribution in [3.05, 3.63) is 47.8 Å². The maximum Gasteiger partial charge on any atom is 0.257 e. The molecule has 0 saturated carbocycles. The number of amides is 1. The van der Waals surface area contributed by atoms with Gasteiger partial charge in [0.1, 0.15) is 17.2 Å². The largest absolute Gasteiger partial charge is 0.508 e. The third-order valence-corrected chi connectivity index (χ3v) is 4.39. The van der Waals surface area contributed by atoms with E-state index in [1.807, 2.05) is 19.1 Å². The van der Waals surface area contributed by atoms with Crippen molar-refractivity contribution in [3.63, 3.8) is 0 Å². The molecule has 1 unspecified atom stereocenters. The van der Waals surface area contributed by atoms with Crippen LogP contribution in [0.3, 0.4) is 0 Å². The van der Waals surface area contributed by atoms with Crippen LogP contribution < -0.4 is 4.74 Å². The van der Waals surface area contributed by atoms with E-state index >= 15 is 0 Å². The molecule has 1 aliphatic heterocycles. The van der Waals surface area contributed by atoms with Gasteiger partial charge in [0.2, 0.25) is 0 Å². The van der Waals surface area contributed by atoms with E-state index in [1.54, 1.807) is 11.1 Å². The first-order chi connectivity index (χ1) is 12.0. The molecule has 0 radical (unpaired) electrons. The van der Waals surface area contributed by atoms with Crippen molar-refractivity contribution in [2.75, 3.05) is 19.7 Å². The fraction of sp³-hybridized carbons (Fsp3) is 0.368. The molecule has 0 aliphatic carbocycles. The Morgan fingerprint density at radius 2 is 2.16 bits per heavy atom. The number of benzene rings is 1. The lowest BCUT2D eigenvalue weighted by atomic mass is 9.98. The Kier molecular flexibility index (Phi) is 5.07. The molecule has 25 heavy (non-hydrogen) atoms. The van der Waals surface area contributed by atoms with Crippen LogP contribution in [0.15, 0.2) is 36.5 Å². The molecule has 6 heteroatoms. The molecule has 0 bridgehead atoms. The topological polar surface area (TPSA) is 82.9 Å². The monoisotopic (exact) mass is 342 g/mol. The fourth-order valence-corrected chi connectivity index (χ4v) is 3.01. The van der Waals surface area contributed by atoms with Gasteiger partial charge in [-0.2, -0.15) is 0 Å². The summed E-state index contributed by atoms with van der Waals surface area (Å²) < 4.78 is 5.79. The number of carbonyl (C=O) groups excluding carboxylic acids is 1. The molecule has 1 atom stereocenters. The van der Waals surface area contributed by atoms with Crippen LogP contribution in [-0.4, -0.2) is 45.7 Å². The van der Waals surface area contributed by atoms with E-state index in [2.05, 4.69) is 4.98 Å². The van der Waals surface area contributed by atoms with Crippen LogP contribution in [0.2, 0.25) is 0 Å². The number of nitrogens with zero attached hydrogens (tertiary/aromatic N) is 2. The molecule has 0 spiro atoms. The molecule has 3 rings (SSSR count). The Hall–Kier alpha value is -2.76. The summed E-state index contributed by atoms with van der Waals surface area (Å²) in [4.78, 5) is 18.6. The van der Waals surface area contributed by atoms with Gasteiger partial charge in [0.05, 0.1) is 18.4 Å². The van der Waals surface area contributed by atoms with Crippen LogP contribution in [0.25, 0.3) is 0 Å². The van der Waals surface area contributed by atoms with E-state index in [0.717, 1.165) is 24.3 Å². The Morgan fingerprint density at radius 1 is 1.32 bits per heavy atom. The van der Waals surface area contributed by atoms with Crippen LogP contribution in [0.4, 0.5) is 0 Å². The smallest absolute Gasteiger partial charge is 0.257 e. The summed E-state index contributed by atoms with van der Waals surface area (Å²) in [7, 11) is 0. The SMILES string of the molecule is Cc1ccc(OCC2CCCN(C(=O)c3ccc(O)cc3O)C2)cn1. The molecule has 1 fully saturated rings. The van der Waals surface area contributed by atoms with E-state index in [-0.39, 0.29) is 28.9 Å². The van der Waals surface area contributed by atoms with Crippen molar-refractivity contribution in [3.8, 4) is 17.2 Å². The van der Waals surface area contributed by atoms with Crippen molar-refractivity contribution >= 4 is 5.91 Å². The summed E-state index contributed by atoms with van der Waals surface area (Å²) in [5, 5.41) is 19.3. The number of piperidine rings is 1. The zero-order valence-electron chi connectivity index (χ0n) is 14.2. The molecule has 1 amide bonds. The third-order valence-electron chi connectivity index (χ3n) is 4.39. The second-order valence-electron chi connectivity index (χ2n) is 6.41. The average molecular weight is 342 g/mol. The highest BCUT2D eigenvalue weighted by Crippen LogP contribution is 2.26. The van der Waals surface area contributed by atoms with Gasteiger partial charge in [0.15, 0.2) is 0 Å². The Morgan fingerprint density at radius 3 is 2.88 bits per heavy atom. The van der Waals surface area contributed by atoms with E-state index in [9.17, 15) is 15.0 Å². The second-order valence-corrected chi connectivity index (χ2v) is 6.41. The van der Waals surface area contributed by atoms with E-state index in [0.29, 0.717) is 19.7 Å². The minimum atomic E-state index is -0.223. The number of pyridine rings is 1. The van der Waals surface area contributed by atoms with Crippen molar-refractivity contribution < 1.29 is 19.7 Å². The number of phenolic OH excluding ortho intramolecular Hbond substituents is 2. The highest BCUT2D eigenvalue weighted by molar-refractivity contribution is 5.97. The lowest BCUT2D eigenvalue weighted by Gasteiger charge is -2.32. The number of likely N-dealkylation sites (tertiary alicyclic amines) is 1. The number of aromatic hydroxyl groups is 2. The van der Waals surface area contributed by atoms with Gasteiger partial charge in [0, 0.05) is 30.8 Å². The summed E-state index contributed by atoms with van der Waals surface area (Å²) >= 11 is 0. The first-order valence-corrected chi connectivity index (χ1v) is 8.39. The summed E-state index contributed by atoms with van der Waals surface area (Å²) in [5.41, 5.74) is 1.15. The van der Waals surface area contributed by atoms with Crippen LogP contribution in [-0.2, 0) is 0 Å². The van der Waals surface area contributed by atoms with Crippen LogP contribution in [0, 0.1) is 12.8 Å². The minimum Gasteiger partial charge on any atom is -0.508 e. The van der Waals surface area contributed by atoms with Crippen molar-refractivity contribution in [1.29, 1.82) is 0 Å². The van der Waals surface area contributed by atoms with Gasteiger partial charge in [-0.05, 0) is 44.0 Å². The van der Waals surface area contributed by atoms with Crippen molar-refractivity contribution in [1.82, 2.24) is 9.88 Å². The number of aromatic nitrogens is 1. The number of hydrogen-bond donors (Lipinski definition) is 2. The molecule has 2 heterocycles. The molecule has 1 saturated heterocycles. The van der Waals surface area contributed by atoms with Gasteiger partial charge in [-0.25, -0.2) is 0 Å². The van der Waals surface area contributed by atoms with Crippen molar-refractivity contribution in [2.45, 2.75) is 19.8 Å². The molecule has 1 aromatic heterocycles. The highest BCUT2D eigenvalue weighted by Gasteiger charge is 2.26. The zero-order valence-corrected chi connectivity index (χ0v) is 14.2. The highest BCUT2D eigenvalue weighted by atomic mass is 16.5. The summed E-state index contributed by atoms with van der Waals surface area (Å²) in [6.45, 7) is 3.68. The Bertz CT molecular complexity index is 746. The first kappa shape index (κ1) is 17.1. The molecule has 1 aliphatic rings. The van der Waals surface area contributed by atoms with Crippen molar-refractivity contribution in [2.24, 2.45) is 5.92 Å². The molecule has 1 aromatic carbocycles. The predicted molar refractivity (Wildman–Crippen MR) is 92.9 cm³/mol. The van der Waals surface area contributed by atoms with E-state index < -0.39 is 0 Å². The predicted octanol–water partition coefficient (Wildman–Crippen LogP) is 2.73. The normalized spacial score (nSPS) is 17.3. The summed E-state index contributed by atoms with van der Waals surface area (Å²) in [5.74, 6) is 0.475. The first-order valence-electron chi connectivity index (χ1n) is 8.39. The van der Waals surface area contributed by atoms with E-state index in [4.69, 9.17) is 4.74 Å². The number of rotatable bonds is 4. The van der Waals surface area contributed by atoms with Gasteiger partial charge in [-0.15, -0.1) is 0 Å². The molecule has 6 nitrogen and oxygen atoms in total. The molecule has 2 N–H and O–H groups in total. The molecule has 2 aromatic rings. The second kappa shape index (κ2) is 7.42. The number of hydrogen-bond acceptors (Lipinski definition) is 5. The number of aryl methyl sites for hydroxylation is 1. The standard InChI is InChI=1S/C19H22N2O4/c1-13-4-6-16(10-20-13)25-12-14-3-2-8-21(11-14)19(24)17-7-5-15(22)9-18(17)23/h4-7,9-10,14,22-23H,2-3,8,11-12H2,1H3. The summed E-state index contributed by atoms with van der Waals surface area (Å²) in [6.07, 6.45) is 3.59. The quantitative estimate of drug-likeness (QED) is 0.893. The lowest BCUT2D eigenvalue weighted by Crippen LogP contribution is -2.41. The van der Waals surface area contributed by atoms with Gasteiger partial charge in [-0.3, -0.25) is 9.78 Å². The number of phenols is 2. The lowest BCUT2D eigenvalue weighted by molar-refractivity contribution is 0.0630. The van der Waals surface area contributed by atoms with Crippen LogP contribution in [0.5, 0.6) is 17.2 Å². The molecular formula is C19H22N2O4. The van der Waals surface area contributed by atoms with Gasteiger partial charge < -0.3 is 19.8 Å². The average Bonchev–Trinajstić information content (AvgIpc) is 2.61. The minimum absolute atomic E-state index is 0.0642. The fourth-order valence-electron chi connectivity index (χ4n) is 3.01. The molecule has 132 valence electrons. The van der Waals surface area contributed by atoms with Gasteiger partial charge >= 0.3 is 0 Å². The maximum atomic E-state index is 12.6. The van der Waals surface area contributed by atoms with Gasteiger partial charge in [-0.1, -0.05) is 0 Å². The number of ether oxygens (including phenoxy) is 1. The number of carbonyl (C=O) groups is 1. The Balaban J connectivity index is 1.60. The third kappa shape index (κ3) is 4.21. The van der Waals surface area contributed by atoms with Gasteiger partial charge in [0.25, 0.3) is 5.91 Å². The van der Waals surface area contributed by atoms with Crippen LogP contribution >= 0.6 is 0 Å². The molecular weight excluding hydrogens is 320 g/mol.